The molecule has 4 heteroatoms. The quantitative estimate of drug-likeness (QED) is 0.881. The zero-order chi connectivity index (χ0) is 11.4. The Balaban J connectivity index is 1.98. The van der Waals surface area contributed by atoms with Gasteiger partial charge in [0.2, 0.25) is 0 Å². The summed E-state index contributed by atoms with van der Waals surface area (Å²) in [5.41, 5.74) is 0. The SMILES string of the molecule is CNC(Cc1cccs1)Cc1sccc1Br. The van der Waals surface area contributed by atoms with E-state index in [-0.39, 0.29) is 0 Å². The van der Waals surface area contributed by atoms with Crippen molar-refractivity contribution in [3.05, 3.63) is 43.2 Å². The molecular weight excluding hydrogens is 302 g/mol. The lowest BCUT2D eigenvalue weighted by Crippen LogP contribution is -2.29. The molecule has 0 saturated heterocycles. The van der Waals surface area contributed by atoms with Gasteiger partial charge in [-0.2, -0.15) is 0 Å². The van der Waals surface area contributed by atoms with Crippen LogP contribution in [-0.2, 0) is 12.8 Å². The molecule has 1 nitrogen and oxygen atoms in total. The van der Waals surface area contributed by atoms with Crippen molar-refractivity contribution >= 4 is 38.6 Å². The van der Waals surface area contributed by atoms with Crippen molar-refractivity contribution in [2.45, 2.75) is 18.9 Å². The molecule has 0 aromatic carbocycles. The first-order valence-corrected chi connectivity index (χ1v) is 7.76. The van der Waals surface area contributed by atoms with Gasteiger partial charge in [-0.15, -0.1) is 22.7 Å². The van der Waals surface area contributed by atoms with Crippen LogP contribution in [0.5, 0.6) is 0 Å². The summed E-state index contributed by atoms with van der Waals surface area (Å²) in [6.45, 7) is 0. The van der Waals surface area contributed by atoms with Crippen LogP contribution in [0.25, 0.3) is 0 Å². The van der Waals surface area contributed by atoms with Crippen molar-refractivity contribution in [3.63, 3.8) is 0 Å². The first-order chi connectivity index (χ1) is 7.79. The molecule has 0 spiro atoms. The molecular formula is C12H14BrNS2. The Morgan fingerprint density at radius 2 is 2.12 bits per heavy atom. The highest BCUT2D eigenvalue weighted by molar-refractivity contribution is 9.10. The third-order valence-corrected chi connectivity index (χ3v) is 5.41. The predicted octanol–water partition coefficient (Wildman–Crippen LogP) is 3.95. The summed E-state index contributed by atoms with van der Waals surface area (Å²) in [5.74, 6) is 0. The molecule has 0 aliphatic heterocycles. The molecule has 1 atom stereocenters. The lowest BCUT2D eigenvalue weighted by atomic mass is 10.1. The Morgan fingerprint density at radius 1 is 1.25 bits per heavy atom. The fourth-order valence-electron chi connectivity index (χ4n) is 1.64. The average Bonchev–Trinajstić information content (AvgIpc) is 2.90. The molecule has 0 fully saturated rings. The molecule has 2 aromatic rings. The molecule has 16 heavy (non-hydrogen) atoms. The number of rotatable bonds is 5. The highest BCUT2D eigenvalue weighted by Crippen LogP contribution is 2.25. The summed E-state index contributed by atoms with van der Waals surface area (Å²) in [7, 11) is 2.04. The van der Waals surface area contributed by atoms with Gasteiger partial charge in [-0.05, 0) is 58.7 Å². The van der Waals surface area contributed by atoms with Gasteiger partial charge in [0.25, 0.3) is 0 Å². The number of halogens is 1. The lowest BCUT2D eigenvalue weighted by molar-refractivity contribution is 0.563. The first kappa shape index (κ1) is 12.3. The second-order valence-electron chi connectivity index (χ2n) is 3.66. The Hall–Kier alpha value is -0.160. The van der Waals surface area contributed by atoms with Gasteiger partial charge >= 0.3 is 0 Å². The van der Waals surface area contributed by atoms with Gasteiger partial charge in [-0.25, -0.2) is 0 Å². The minimum atomic E-state index is 0.522. The molecule has 2 rings (SSSR count). The fourth-order valence-corrected chi connectivity index (χ4v) is 4.02. The molecule has 1 N–H and O–H groups in total. The van der Waals surface area contributed by atoms with Crippen LogP contribution >= 0.6 is 38.6 Å². The van der Waals surface area contributed by atoms with E-state index in [0.29, 0.717) is 6.04 Å². The Morgan fingerprint density at radius 3 is 2.69 bits per heavy atom. The molecule has 2 aromatic heterocycles. The summed E-state index contributed by atoms with van der Waals surface area (Å²) in [6.07, 6.45) is 2.20. The minimum Gasteiger partial charge on any atom is -0.316 e. The molecule has 1 unspecified atom stereocenters. The van der Waals surface area contributed by atoms with E-state index >= 15 is 0 Å². The van der Waals surface area contributed by atoms with Crippen molar-refractivity contribution < 1.29 is 0 Å². The van der Waals surface area contributed by atoms with E-state index in [4.69, 9.17) is 0 Å². The molecule has 0 radical (unpaired) electrons. The normalized spacial score (nSPS) is 12.9. The van der Waals surface area contributed by atoms with Crippen LogP contribution in [0, 0.1) is 0 Å². The number of nitrogens with one attached hydrogen (secondary N) is 1. The van der Waals surface area contributed by atoms with Crippen LogP contribution in [-0.4, -0.2) is 13.1 Å². The Labute approximate surface area is 113 Å². The van der Waals surface area contributed by atoms with E-state index in [1.54, 1.807) is 0 Å². The van der Waals surface area contributed by atoms with Crippen molar-refractivity contribution in [2.75, 3.05) is 7.05 Å². The van der Waals surface area contributed by atoms with Crippen LogP contribution in [0.3, 0.4) is 0 Å². The summed E-state index contributed by atoms with van der Waals surface area (Å²) < 4.78 is 1.24. The molecule has 0 aliphatic carbocycles. The van der Waals surface area contributed by atoms with E-state index in [1.165, 1.54) is 14.2 Å². The highest BCUT2D eigenvalue weighted by atomic mass is 79.9. The molecule has 0 amide bonds. The summed E-state index contributed by atoms with van der Waals surface area (Å²) in [5, 5.41) is 7.68. The van der Waals surface area contributed by atoms with Gasteiger partial charge in [0.05, 0.1) is 0 Å². The third-order valence-electron chi connectivity index (χ3n) is 2.56. The van der Waals surface area contributed by atoms with Gasteiger partial charge < -0.3 is 5.32 Å². The second-order valence-corrected chi connectivity index (χ2v) is 6.55. The molecule has 0 saturated carbocycles. The summed E-state index contributed by atoms with van der Waals surface area (Å²) in [4.78, 5) is 2.88. The Kier molecular flexibility index (Phi) is 4.58. The van der Waals surface area contributed by atoms with Crippen molar-refractivity contribution in [1.82, 2.24) is 5.32 Å². The lowest BCUT2D eigenvalue weighted by Gasteiger charge is -2.14. The third kappa shape index (κ3) is 3.17. The maximum Gasteiger partial charge on any atom is 0.0314 e. The van der Waals surface area contributed by atoms with Crippen LogP contribution < -0.4 is 5.32 Å². The van der Waals surface area contributed by atoms with Crippen LogP contribution in [0.15, 0.2) is 33.4 Å². The number of likely N-dealkylation sites (N-methyl/N-ethyl adjacent to an activating group) is 1. The van der Waals surface area contributed by atoms with E-state index < -0.39 is 0 Å². The van der Waals surface area contributed by atoms with E-state index in [1.807, 2.05) is 29.7 Å². The minimum absolute atomic E-state index is 0.522. The van der Waals surface area contributed by atoms with Gasteiger partial charge in [-0.3, -0.25) is 0 Å². The van der Waals surface area contributed by atoms with Crippen molar-refractivity contribution in [2.24, 2.45) is 0 Å². The fraction of sp³-hybridized carbons (Fsp3) is 0.333. The van der Waals surface area contributed by atoms with Crippen LogP contribution in [0.1, 0.15) is 9.75 Å². The highest BCUT2D eigenvalue weighted by Gasteiger charge is 2.11. The van der Waals surface area contributed by atoms with E-state index in [0.717, 1.165) is 12.8 Å². The maximum atomic E-state index is 3.59. The second kappa shape index (κ2) is 5.96. The van der Waals surface area contributed by atoms with Crippen LogP contribution in [0.2, 0.25) is 0 Å². The molecule has 2 heterocycles. The zero-order valence-electron chi connectivity index (χ0n) is 9.07. The average molecular weight is 316 g/mol. The van der Waals surface area contributed by atoms with Gasteiger partial charge in [0, 0.05) is 20.3 Å². The van der Waals surface area contributed by atoms with Crippen molar-refractivity contribution in [1.29, 1.82) is 0 Å². The monoisotopic (exact) mass is 315 g/mol. The number of hydrogen-bond donors (Lipinski definition) is 1. The predicted molar refractivity (Wildman–Crippen MR) is 76.6 cm³/mol. The van der Waals surface area contributed by atoms with E-state index in [2.05, 4.69) is 50.2 Å². The summed E-state index contributed by atoms with van der Waals surface area (Å²) in [6, 6.07) is 6.97. The van der Waals surface area contributed by atoms with Crippen LogP contribution in [0.4, 0.5) is 0 Å². The zero-order valence-corrected chi connectivity index (χ0v) is 12.3. The topological polar surface area (TPSA) is 12.0 Å². The van der Waals surface area contributed by atoms with Gasteiger partial charge in [0.1, 0.15) is 0 Å². The number of hydrogen-bond acceptors (Lipinski definition) is 3. The van der Waals surface area contributed by atoms with Crippen molar-refractivity contribution in [3.8, 4) is 0 Å². The first-order valence-electron chi connectivity index (χ1n) is 5.21. The Bertz CT molecular complexity index is 422. The van der Waals surface area contributed by atoms with Gasteiger partial charge in [-0.1, -0.05) is 6.07 Å². The number of thiophene rings is 2. The maximum absolute atomic E-state index is 3.59. The molecule has 86 valence electrons. The summed E-state index contributed by atoms with van der Waals surface area (Å²) >= 11 is 7.24. The molecule has 0 bridgehead atoms. The van der Waals surface area contributed by atoms with Gasteiger partial charge in [0.15, 0.2) is 0 Å². The standard InChI is InChI=1S/C12H14BrNS2/c1-14-9(7-10-3-2-5-15-10)8-12-11(13)4-6-16-12/h2-6,9,14H,7-8H2,1H3. The smallest absolute Gasteiger partial charge is 0.0314 e. The molecule has 0 aliphatic rings. The van der Waals surface area contributed by atoms with E-state index in [9.17, 15) is 0 Å². The largest absolute Gasteiger partial charge is 0.316 e.